The minimum atomic E-state index is 0.240. The first kappa shape index (κ1) is 21.6. The van der Waals surface area contributed by atoms with Crippen molar-refractivity contribution in [3.8, 4) is 0 Å². The number of anilines is 2. The zero-order valence-electron chi connectivity index (χ0n) is 18.6. The topological polar surface area (TPSA) is 49.4 Å². The van der Waals surface area contributed by atoms with Crippen molar-refractivity contribution in [1.29, 1.82) is 0 Å². The van der Waals surface area contributed by atoms with E-state index in [4.69, 9.17) is 4.74 Å². The summed E-state index contributed by atoms with van der Waals surface area (Å²) in [5.74, 6) is 0.628. The van der Waals surface area contributed by atoms with Crippen LogP contribution in [0.4, 0.5) is 11.4 Å². The number of benzene rings is 1. The summed E-state index contributed by atoms with van der Waals surface area (Å²) in [4.78, 5) is 6.99. The van der Waals surface area contributed by atoms with Gasteiger partial charge in [0.25, 0.3) is 0 Å². The van der Waals surface area contributed by atoms with Gasteiger partial charge < -0.3 is 20.3 Å². The van der Waals surface area contributed by atoms with Crippen LogP contribution >= 0.6 is 0 Å². The van der Waals surface area contributed by atoms with Crippen LogP contribution in [0, 0.1) is 11.3 Å². The minimum Gasteiger partial charge on any atom is -0.383 e. The lowest BCUT2D eigenvalue weighted by atomic mass is 9.93. The Morgan fingerprint density at radius 3 is 2.83 bits per heavy atom. The van der Waals surface area contributed by atoms with Crippen molar-refractivity contribution in [2.75, 3.05) is 37.0 Å². The molecule has 1 aromatic carbocycles. The summed E-state index contributed by atoms with van der Waals surface area (Å²) in [6.07, 6.45) is 1.82. The summed E-state index contributed by atoms with van der Waals surface area (Å²) < 4.78 is 5.26. The molecule has 0 aliphatic carbocycles. The van der Waals surface area contributed by atoms with Crippen LogP contribution in [-0.4, -0.2) is 31.7 Å². The van der Waals surface area contributed by atoms with Crippen LogP contribution in [-0.2, 0) is 24.4 Å². The highest BCUT2D eigenvalue weighted by Crippen LogP contribution is 2.34. The second-order valence-corrected chi connectivity index (χ2v) is 9.29. The zero-order chi connectivity index (χ0) is 20.9. The van der Waals surface area contributed by atoms with Gasteiger partial charge in [0, 0.05) is 46.0 Å². The number of methoxy groups -OCH3 is 1. The molecule has 1 aromatic heterocycles. The molecule has 0 saturated heterocycles. The van der Waals surface area contributed by atoms with Crippen LogP contribution in [0.15, 0.2) is 36.5 Å². The van der Waals surface area contributed by atoms with Crippen molar-refractivity contribution in [1.82, 2.24) is 10.3 Å². The van der Waals surface area contributed by atoms with Gasteiger partial charge in [-0.25, -0.2) is 0 Å². The molecule has 0 amide bonds. The SMILES string of the molecule is COCc1ncccc1CNCc1ccc2c(c1)N(CC(C)C)CC(C)(C)CN2. The Morgan fingerprint density at radius 1 is 1.24 bits per heavy atom. The van der Waals surface area contributed by atoms with Gasteiger partial charge in [-0.3, -0.25) is 4.98 Å². The molecule has 29 heavy (non-hydrogen) atoms. The van der Waals surface area contributed by atoms with E-state index in [2.05, 4.69) is 72.5 Å². The zero-order valence-corrected chi connectivity index (χ0v) is 18.6. The second-order valence-electron chi connectivity index (χ2n) is 9.29. The van der Waals surface area contributed by atoms with Crippen LogP contribution in [0.5, 0.6) is 0 Å². The first-order valence-electron chi connectivity index (χ1n) is 10.6. The normalized spacial score (nSPS) is 15.7. The molecule has 3 rings (SSSR count). The maximum Gasteiger partial charge on any atom is 0.0887 e. The Kier molecular flexibility index (Phi) is 7.14. The first-order valence-corrected chi connectivity index (χ1v) is 10.6. The largest absolute Gasteiger partial charge is 0.383 e. The van der Waals surface area contributed by atoms with Crippen molar-refractivity contribution in [2.45, 2.75) is 47.4 Å². The number of hydrogen-bond acceptors (Lipinski definition) is 5. The van der Waals surface area contributed by atoms with Crippen molar-refractivity contribution in [3.05, 3.63) is 53.3 Å². The van der Waals surface area contributed by atoms with E-state index in [1.165, 1.54) is 22.5 Å². The van der Waals surface area contributed by atoms with Gasteiger partial charge in [-0.1, -0.05) is 39.8 Å². The van der Waals surface area contributed by atoms with Crippen molar-refractivity contribution < 1.29 is 4.74 Å². The van der Waals surface area contributed by atoms with Crippen LogP contribution < -0.4 is 15.5 Å². The van der Waals surface area contributed by atoms with E-state index in [0.717, 1.165) is 38.4 Å². The maximum absolute atomic E-state index is 5.26. The summed E-state index contributed by atoms with van der Waals surface area (Å²) >= 11 is 0. The molecule has 158 valence electrons. The summed E-state index contributed by atoms with van der Waals surface area (Å²) in [5.41, 5.74) is 6.30. The molecule has 2 aromatic rings. The molecule has 0 saturated carbocycles. The van der Waals surface area contributed by atoms with Gasteiger partial charge in [-0.2, -0.15) is 0 Å². The van der Waals surface area contributed by atoms with E-state index in [1.54, 1.807) is 7.11 Å². The molecule has 1 aliphatic heterocycles. The third-order valence-electron chi connectivity index (χ3n) is 5.27. The predicted molar refractivity (Wildman–Crippen MR) is 121 cm³/mol. The molecule has 0 radical (unpaired) electrons. The van der Waals surface area contributed by atoms with Gasteiger partial charge in [0.2, 0.25) is 0 Å². The number of fused-ring (bicyclic) bond motifs is 1. The Balaban J connectivity index is 1.72. The molecule has 0 fully saturated rings. The van der Waals surface area contributed by atoms with E-state index in [0.29, 0.717) is 12.5 Å². The fraction of sp³-hybridized carbons (Fsp3) is 0.542. The lowest BCUT2D eigenvalue weighted by Gasteiger charge is -2.32. The standard InChI is InChI=1S/C24H36N4O/c1-18(2)14-28-17-24(3,4)16-27-21-9-8-19(11-23(21)28)12-25-13-20-7-6-10-26-22(20)15-29-5/h6-11,18,25,27H,12-17H2,1-5H3. The highest BCUT2D eigenvalue weighted by molar-refractivity contribution is 5.72. The lowest BCUT2D eigenvalue weighted by molar-refractivity contribution is 0.180. The van der Waals surface area contributed by atoms with Crippen molar-refractivity contribution >= 4 is 11.4 Å². The van der Waals surface area contributed by atoms with Crippen LogP contribution in [0.1, 0.15) is 44.5 Å². The molecular formula is C24H36N4O. The Hall–Kier alpha value is -2.11. The molecule has 0 unspecified atom stereocenters. The number of aromatic nitrogens is 1. The molecule has 0 spiro atoms. The minimum absolute atomic E-state index is 0.240. The molecule has 2 N–H and O–H groups in total. The third-order valence-corrected chi connectivity index (χ3v) is 5.27. The Morgan fingerprint density at radius 2 is 2.07 bits per heavy atom. The van der Waals surface area contributed by atoms with E-state index < -0.39 is 0 Å². The fourth-order valence-corrected chi connectivity index (χ4v) is 3.93. The van der Waals surface area contributed by atoms with Crippen LogP contribution in [0.25, 0.3) is 0 Å². The van der Waals surface area contributed by atoms with Crippen LogP contribution in [0.3, 0.4) is 0 Å². The average molecular weight is 397 g/mol. The highest BCUT2D eigenvalue weighted by Gasteiger charge is 2.27. The average Bonchev–Trinajstić information content (AvgIpc) is 2.79. The van der Waals surface area contributed by atoms with Gasteiger partial charge >= 0.3 is 0 Å². The summed E-state index contributed by atoms with van der Waals surface area (Å²) in [7, 11) is 1.71. The van der Waals surface area contributed by atoms with Gasteiger partial charge in [-0.05, 0) is 40.7 Å². The van der Waals surface area contributed by atoms with Crippen LogP contribution in [0.2, 0.25) is 0 Å². The summed E-state index contributed by atoms with van der Waals surface area (Å²) in [6, 6.07) is 10.9. The second kappa shape index (κ2) is 9.59. The number of hydrogen-bond donors (Lipinski definition) is 2. The van der Waals surface area contributed by atoms with Gasteiger partial charge in [-0.15, -0.1) is 0 Å². The molecule has 0 bridgehead atoms. The summed E-state index contributed by atoms with van der Waals surface area (Å²) in [5, 5.41) is 7.24. The van der Waals surface area contributed by atoms with E-state index in [9.17, 15) is 0 Å². The fourth-order valence-electron chi connectivity index (χ4n) is 3.93. The number of nitrogens with one attached hydrogen (secondary N) is 2. The number of nitrogens with zero attached hydrogens (tertiary/aromatic N) is 2. The van der Waals surface area contributed by atoms with Crippen molar-refractivity contribution in [3.63, 3.8) is 0 Å². The van der Waals surface area contributed by atoms with Crippen molar-refractivity contribution in [2.24, 2.45) is 11.3 Å². The van der Waals surface area contributed by atoms with E-state index in [-0.39, 0.29) is 5.41 Å². The number of ether oxygens (including phenoxy) is 1. The Bertz CT molecular complexity index is 803. The van der Waals surface area contributed by atoms with E-state index >= 15 is 0 Å². The predicted octanol–water partition coefficient (Wildman–Crippen LogP) is 4.43. The monoisotopic (exact) mass is 396 g/mol. The van der Waals surface area contributed by atoms with Gasteiger partial charge in [0.15, 0.2) is 0 Å². The maximum atomic E-state index is 5.26. The molecule has 5 heteroatoms. The summed E-state index contributed by atoms with van der Waals surface area (Å²) in [6.45, 7) is 14.6. The van der Waals surface area contributed by atoms with E-state index in [1.807, 2.05) is 12.3 Å². The number of rotatable bonds is 8. The molecule has 2 heterocycles. The highest BCUT2D eigenvalue weighted by atomic mass is 16.5. The quantitative estimate of drug-likeness (QED) is 0.691. The molecule has 1 aliphatic rings. The smallest absolute Gasteiger partial charge is 0.0887 e. The Labute approximate surface area is 175 Å². The molecule has 5 nitrogen and oxygen atoms in total. The number of pyridine rings is 1. The lowest BCUT2D eigenvalue weighted by Crippen LogP contribution is -2.37. The third kappa shape index (κ3) is 5.94. The van der Waals surface area contributed by atoms with Gasteiger partial charge in [0.05, 0.1) is 23.7 Å². The van der Waals surface area contributed by atoms with Gasteiger partial charge in [0.1, 0.15) is 0 Å². The molecule has 0 atom stereocenters. The molecular weight excluding hydrogens is 360 g/mol. The first-order chi connectivity index (χ1) is 13.9.